The van der Waals surface area contributed by atoms with Crippen LogP contribution in [0.2, 0.25) is 0 Å². The number of phosphoric acid groups is 1. The fourth-order valence-electron chi connectivity index (χ4n) is 7.50. The van der Waals surface area contributed by atoms with E-state index in [-0.39, 0.29) is 13.2 Å². The SMILES string of the molecule is CCOP(=O)(OC/C=C(\C)CC/C=C(\C)CC/C=C(\C)CC/C=C(\C)CC/C=C(\C)CC/C=C(\C)CCC=C(C)C)Oc1c(CC)c(C)c(OC(=O)c2ccccc2)c2ccccc12. The molecule has 348 valence electrons. The van der Waals surface area contributed by atoms with E-state index in [0.717, 1.165) is 87.3 Å². The molecule has 6 nitrogen and oxygen atoms in total. The van der Waals surface area contributed by atoms with E-state index in [4.69, 9.17) is 18.3 Å². The number of benzene rings is 3. The molecule has 3 rings (SSSR count). The van der Waals surface area contributed by atoms with Gasteiger partial charge in [0.25, 0.3) is 0 Å². The van der Waals surface area contributed by atoms with Crippen LogP contribution in [-0.2, 0) is 20.0 Å². The van der Waals surface area contributed by atoms with Gasteiger partial charge in [0.2, 0.25) is 0 Å². The lowest BCUT2D eigenvalue weighted by atomic mass is 9.97. The zero-order valence-corrected chi connectivity index (χ0v) is 42.1. The molecule has 0 saturated heterocycles. The zero-order chi connectivity index (χ0) is 46.9. The highest BCUT2D eigenvalue weighted by Crippen LogP contribution is 2.53. The first-order chi connectivity index (χ1) is 30.7. The molecule has 0 amide bonds. The number of hydrogen-bond donors (Lipinski definition) is 0. The first-order valence-electron chi connectivity index (χ1n) is 23.6. The molecule has 0 aliphatic rings. The number of esters is 1. The number of hydrogen-bond acceptors (Lipinski definition) is 6. The molecule has 3 aromatic carbocycles. The molecule has 7 heteroatoms. The minimum atomic E-state index is -4.02. The smallest absolute Gasteiger partial charge is 0.422 e. The molecule has 0 aliphatic carbocycles. The zero-order valence-electron chi connectivity index (χ0n) is 41.2. The number of allylic oxidation sites excluding steroid dienone is 13. The van der Waals surface area contributed by atoms with Crippen LogP contribution in [0, 0.1) is 6.92 Å². The Morgan fingerprint density at radius 1 is 0.531 bits per heavy atom. The second-order valence-corrected chi connectivity index (χ2v) is 19.1. The number of carbonyl (C=O) groups is 1. The van der Waals surface area contributed by atoms with E-state index < -0.39 is 13.8 Å². The fourth-order valence-corrected chi connectivity index (χ4v) is 8.69. The second-order valence-electron chi connectivity index (χ2n) is 17.5. The third-order valence-corrected chi connectivity index (χ3v) is 12.9. The first kappa shape index (κ1) is 53.9. The first-order valence-corrected chi connectivity index (χ1v) is 25.1. The monoisotopic (exact) mass is 891 g/mol. The molecule has 0 radical (unpaired) electrons. The summed E-state index contributed by atoms with van der Waals surface area (Å²) in [6, 6.07) is 16.4. The Bertz CT molecular complexity index is 2210. The van der Waals surface area contributed by atoms with Crippen molar-refractivity contribution >= 4 is 24.6 Å². The van der Waals surface area contributed by atoms with Gasteiger partial charge in [0.05, 0.1) is 18.8 Å². The number of rotatable bonds is 28. The van der Waals surface area contributed by atoms with E-state index in [1.807, 2.05) is 50.3 Å². The van der Waals surface area contributed by atoms with Gasteiger partial charge in [0.15, 0.2) is 0 Å². The third-order valence-electron chi connectivity index (χ3n) is 11.4. The van der Waals surface area contributed by atoms with Crippen molar-refractivity contribution in [1.29, 1.82) is 0 Å². The summed E-state index contributed by atoms with van der Waals surface area (Å²) in [5.41, 5.74) is 11.8. The van der Waals surface area contributed by atoms with Crippen LogP contribution in [0.3, 0.4) is 0 Å². The highest BCUT2D eigenvalue weighted by atomic mass is 31.2. The summed E-state index contributed by atoms with van der Waals surface area (Å²) in [5, 5.41) is 1.33. The van der Waals surface area contributed by atoms with Gasteiger partial charge in [0.1, 0.15) is 11.5 Å². The van der Waals surface area contributed by atoms with E-state index >= 15 is 0 Å². The maximum Gasteiger partial charge on any atom is 0.530 e. The lowest BCUT2D eigenvalue weighted by Crippen LogP contribution is -2.11. The van der Waals surface area contributed by atoms with E-state index in [1.54, 1.807) is 31.2 Å². The van der Waals surface area contributed by atoms with Crippen molar-refractivity contribution in [3.05, 3.63) is 153 Å². The number of carbonyl (C=O) groups excluding carboxylic acids is 1. The van der Waals surface area contributed by atoms with E-state index in [0.29, 0.717) is 34.3 Å². The molecule has 0 aliphatic heterocycles. The molecule has 0 N–H and O–H groups in total. The van der Waals surface area contributed by atoms with Gasteiger partial charge in [-0.25, -0.2) is 9.36 Å². The quantitative estimate of drug-likeness (QED) is 0.0313. The topological polar surface area (TPSA) is 71.1 Å². The average molecular weight is 891 g/mol. The molecular formula is C57H79O6P. The maximum absolute atomic E-state index is 14.1. The Morgan fingerprint density at radius 2 is 0.938 bits per heavy atom. The molecule has 1 atom stereocenters. The van der Waals surface area contributed by atoms with Gasteiger partial charge in [0, 0.05) is 16.3 Å². The van der Waals surface area contributed by atoms with Crippen molar-refractivity contribution in [2.24, 2.45) is 0 Å². The minimum absolute atomic E-state index is 0.0853. The lowest BCUT2D eigenvalue weighted by Gasteiger charge is -2.23. The third kappa shape index (κ3) is 19.7. The lowest BCUT2D eigenvalue weighted by molar-refractivity contribution is 0.0735. The predicted octanol–water partition coefficient (Wildman–Crippen LogP) is 17.8. The van der Waals surface area contributed by atoms with Crippen molar-refractivity contribution in [2.75, 3.05) is 13.2 Å². The van der Waals surface area contributed by atoms with Crippen LogP contribution in [0.25, 0.3) is 10.8 Å². The summed E-state index contributed by atoms with van der Waals surface area (Å²) in [6.45, 7) is 23.5. The largest absolute Gasteiger partial charge is 0.530 e. The standard InChI is InChI=1S/C57H79O6P/c1-12-52-50(11)55(62-57(58)51-37-15-14-16-38-51)53-39-17-18-40-54(53)56(52)63-64(59,60-13-2)61-42-41-49(10)36-24-35-48(9)34-23-33-47(8)32-22-31-46(7)30-21-29-45(6)28-20-27-44(5)26-19-25-43(3)4/h14-18,25,27,29,31,33,35,37-41H,12-13,19-24,26,28,30,32,34,36,42H2,1-11H3/b44-27+,45-29+,46-31+,47-33+,48-35+,49-41+. The van der Waals surface area contributed by atoms with Gasteiger partial charge in [-0.2, -0.15) is 0 Å². The fraction of sp³-hybridized carbons (Fsp3) is 0.456. The summed E-state index contributed by atoms with van der Waals surface area (Å²) in [6.07, 6.45) is 29.8. The average Bonchev–Trinajstić information content (AvgIpc) is 3.25. The summed E-state index contributed by atoms with van der Waals surface area (Å²) in [4.78, 5) is 13.1. The van der Waals surface area contributed by atoms with Gasteiger partial charge < -0.3 is 9.26 Å². The van der Waals surface area contributed by atoms with Crippen molar-refractivity contribution in [1.82, 2.24) is 0 Å². The minimum Gasteiger partial charge on any atom is -0.422 e. The van der Waals surface area contributed by atoms with E-state index in [9.17, 15) is 9.36 Å². The van der Waals surface area contributed by atoms with Gasteiger partial charge in [-0.05, 0) is 170 Å². The second kappa shape index (κ2) is 29.1. The van der Waals surface area contributed by atoms with Crippen LogP contribution in [0.5, 0.6) is 11.5 Å². The summed E-state index contributed by atoms with van der Waals surface area (Å²) >= 11 is 0. The van der Waals surface area contributed by atoms with E-state index in [2.05, 4.69) is 91.8 Å². The molecule has 0 fully saturated rings. The Labute approximate surface area is 387 Å². The van der Waals surface area contributed by atoms with Gasteiger partial charge in [-0.3, -0.25) is 9.05 Å². The van der Waals surface area contributed by atoms with Crippen LogP contribution < -0.4 is 9.26 Å². The van der Waals surface area contributed by atoms with Crippen LogP contribution in [0.1, 0.15) is 168 Å². The molecule has 0 spiro atoms. The highest BCUT2D eigenvalue weighted by molar-refractivity contribution is 7.49. The Balaban J connectivity index is 1.45. The van der Waals surface area contributed by atoms with E-state index in [1.165, 1.54) is 39.9 Å². The van der Waals surface area contributed by atoms with Crippen LogP contribution >= 0.6 is 7.82 Å². The van der Waals surface area contributed by atoms with Gasteiger partial charge in [-0.1, -0.05) is 131 Å². The molecule has 0 bridgehead atoms. The molecule has 0 aromatic heterocycles. The summed E-state index contributed by atoms with van der Waals surface area (Å²) in [5.74, 6) is 0.406. The number of ether oxygens (including phenoxy) is 1. The summed E-state index contributed by atoms with van der Waals surface area (Å²) in [7, 11) is -4.02. The molecular weight excluding hydrogens is 812 g/mol. The van der Waals surface area contributed by atoms with Gasteiger partial charge in [-0.15, -0.1) is 0 Å². The van der Waals surface area contributed by atoms with Crippen LogP contribution in [-0.4, -0.2) is 19.2 Å². The van der Waals surface area contributed by atoms with Crippen molar-refractivity contribution in [3.8, 4) is 11.5 Å². The maximum atomic E-state index is 14.1. The van der Waals surface area contributed by atoms with Crippen LogP contribution in [0.15, 0.2) is 136 Å². The molecule has 3 aromatic rings. The van der Waals surface area contributed by atoms with Crippen molar-refractivity contribution < 1.29 is 27.7 Å². The molecule has 1 unspecified atom stereocenters. The normalized spacial score (nSPS) is 14.2. The number of fused-ring (bicyclic) bond motifs is 1. The Kier molecular flexibility index (Phi) is 24.5. The Hall–Kier alpha value is -4.48. The highest BCUT2D eigenvalue weighted by Gasteiger charge is 2.31. The van der Waals surface area contributed by atoms with Crippen molar-refractivity contribution in [3.63, 3.8) is 0 Å². The summed E-state index contributed by atoms with van der Waals surface area (Å²) < 4.78 is 37.9. The molecule has 64 heavy (non-hydrogen) atoms. The van der Waals surface area contributed by atoms with Gasteiger partial charge >= 0.3 is 13.8 Å². The molecule has 0 heterocycles. The van der Waals surface area contributed by atoms with Crippen LogP contribution in [0.4, 0.5) is 0 Å². The Morgan fingerprint density at radius 3 is 1.36 bits per heavy atom. The number of phosphoric ester groups is 1. The van der Waals surface area contributed by atoms with Crippen molar-refractivity contribution in [2.45, 2.75) is 160 Å². The molecule has 0 saturated carbocycles. The predicted molar refractivity (Wildman–Crippen MR) is 273 cm³/mol.